The Morgan fingerprint density at radius 2 is 2.05 bits per heavy atom. The summed E-state index contributed by atoms with van der Waals surface area (Å²) in [5, 5.41) is 3.57. The summed E-state index contributed by atoms with van der Waals surface area (Å²) in [5.74, 6) is -0.176. The van der Waals surface area contributed by atoms with Gasteiger partial charge in [0.2, 0.25) is 0 Å². The van der Waals surface area contributed by atoms with E-state index in [2.05, 4.69) is 28.9 Å². The van der Waals surface area contributed by atoms with Crippen LogP contribution in [0, 0.1) is 5.92 Å². The molecule has 7 heteroatoms. The van der Waals surface area contributed by atoms with Crippen LogP contribution in [0.2, 0.25) is 0 Å². The SMILES string of the molecule is COC(=O)c1nc(NCCOCCC(C)C)sc1C(C)=O. The quantitative estimate of drug-likeness (QED) is 0.429. The molecule has 0 saturated carbocycles. The van der Waals surface area contributed by atoms with Crippen LogP contribution in [0.1, 0.15) is 47.4 Å². The van der Waals surface area contributed by atoms with E-state index in [4.69, 9.17) is 4.74 Å². The number of anilines is 1. The maximum atomic E-state index is 11.5. The molecule has 0 spiro atoms. The van der Waals surface area contributed by atoms with Crippen LogP contribution >= 0.6 is 11.3 Å². The second-order valence-corrected chi connectivity index (χ2v) is 5.97. The number of nitrogens with zero attached hydrogens (tertiary/aromatic N) is 1. The first-order valence-corrected chi connectivity index (χ1v) is 7.69. The number of aromatic nitrogens is 1. The molecule has 21 heavy (non-hydrogen) atoms. The van der Waals surface area contributed by atoms with Gasteiger partial charge in [-0.25, -0.2) is 9.78 Å². The van der Waals surface area contributed by atoms with E-state index < -0.39 is 5.97 Å². The highest BCUT2D eigenvalue weighted by atomic mass is 32.1. The molecule has 0 saturated heterocycles. The second kappa shape index (κ2) is 8.74. The van der Waals surface area contributed by atoms with Gasteiger partial charge in [0.1, 0.15) is 4.88 Å². The fourth-order valence-electron chi connectivity index (χ4n) is 1.52. The second-order valence-electron chi connectivity index (χ2n) is 4.97. The number of carbonyl (C=O) groups excluding carboxylic acids is 2. The van der Waals surface area contributed by atoms with E-state index in [1.54, 1.807) is 0 Å². The Morgan fingerprint density at radius 3 is 2.62 bits per heavy atom. The summed E-state index contributed by atoms with van der Waals surface area (Å²) in [5.41, 5.74) is 0.0678. The maximum absolute atomic E-state index is 11.5. The molecular weight excluding hydrogens is 292 g/mol. The van der Waals surface area contributed by atoms with Crippen LogP contribution in [0.5, 0.6) is 0 Å². The molecule has 1 aromatic rings. The molecule has 0 aliphatic heterocycles. The zero-order chi connectivity index (χ0) is 15.8. The molecule has 0 aliphatic rings. The fraction of sp³-hybridized carbons (Fsp3) is 0.643. The fourth-order valence-corrected chi connectivity index (χ4v) is 2.39. The lowest BCUT2D eigenvalue weighted by Crippen LogP contribution is -2.11. The van der Waals surface area contributed by atoms with Crippen LogP contribution in [-0.4, -0.2) is 43.6 Å². The summed E-state index contributed by atoms with van der Waals surface area (Å²) < 4.78 is 10.1. The maximum Gasteiger partial charge on any atom is 0.358 e. The van der Waals surface area contributed by atoms with Crippen molar-refractivity contribution in [2.24, 2.45) is 5.92 Å². The Labute approximate surface area is 128 Å². The minimum absolute atomic E-state index is 0.0678. The number of Topliss-reactive ketones (excluding diaryl/α,β-unsaturated/α-hetero) is 1. The highest BCUT2D eigenvalue weighted by molar-refractivity contribution is 7.17. The van der Waals surface area contributed by atoms with E-state index in [0.29, 0.717) is 29.1 Å². The molecule has 6 nitrogen and oxygen atoms in total. The first-order chi connectivity index (χ1) is 9.95. The number of ether oxygens (including phenoxy) is 2. The summed E-state index contributed by atoms with van der Waals surface area (Å²) in [6.07, 6.45) is 1.03. The van der Waals surface area contributed by atoms with E-state index in [0.717, 1.165) is 24.4 Å². The molecule has 0 unspecified atom stereocenters. The first-order valence-electron chi connectivity index (χ1n) is 6.87. The van der Waals surface area contributed by atoms with Gasteiger partial charge in [0, 0.05) is 20.1 Å². The molecule has 1 heterocycles. The van der Waals surface area contributed by atoms with Gasteiger partial charge in [-0.15, -0.1) is 0 Å². The molecule has 118 valence electrons. The Balaban J connectivity index is 2.49. The minimum Gasteiger partial charge on any atom is -0.464 e. The van der Waals surface area contributed by atoms with Crippen LogP contribution in [0.15, 0.2) is 0 Å². The number of hydrogen-bond donors (Lipinski definition) is 1. The van der Waals surface area contributed by atoms with Crippen molar-refractivity contribution < 1.29 is 19.1 Å². The highest BCUT2D eigenvalue weighted by Crippen LogP contribution is 2.24. The summed E-state index contributed by atoms with van der Waals surface area (Å²) >= 11 is 1.15. The van der Waals surface area contributed by atoms with Gasteiger partial charge in [0.05, 0.1) is 13.7 Å². The van der Waals surface area contributed by atoms with E-state index in [1.165, 1.54) is 14.0 Å². The van der Waals surface area contributed by atoms with Crippen molar-refractivity contribution in [2.75, 3.05) is 32.2 Å². The molecule has 0 fully saturated rings. The lowest BCUT2D eigenvalue weighted by Gasteiger charge is -2.06. The Bertz CT molecular complexity index is 485. The number of thiazole rings is 1. The van der Waals surface area contributed by atoms with E-state index in [9.17, 15) is 9.59 Å². The molecule has 0 aliphatic carbocycles. The predicted molar refractivity (Wildman–Crippen MR) is 82.2 cm³/mol. The average Bonchev–Trinajstić information content (AvgIpc) is 2.86. The van der Waals surface area contributed by atoms with Gasteiger partial charge >= 0.3 is 5.97 Å². The number of carbonyl (C=O) groups is 2. The molecule has 1 aromatic heterocycles. The smallest absolute Gasteiger partial charge is 0.358 e. The summed E-state index contributed by atoms with van der Waals surface area (Å²) in [6.45, 7) is 7.55. The van der Waals surface area contributed by atoms with Gasteiger partial charge < -0.3 is 14.8 Å². The van der Waals surface area contributed by atoms with Crippen LogP contribution in [0.4, 0.5) is 5.13 Å². The lowest BCUT2D eigenvalue weighted by atomic mass is 10.1. The lowest BCUT2D eigenvalue weighted by molar-refractivity contribution is 0.0591. The molecule has 0 atom stereocenters. The van der Waals surface area contributed by atoms with Crippen LogP contribution in [0.3, 0.4) is 0 Å². The van der Waals surface area contributed by atoms with E-state index >= 15 is 0 Å². The third kappa shape index (κ3) is 5.81. The number of esters is 1. The molecule has 1 rings (SSSR count). The third-order valence-corrected chi connectivity index (χ3v) is 3.80. The Morgan fingerprint density at radius 1 is 1.33 bits per heavy atom. The van der Waals surface area contributed by atoms with Gasteiger partial charge in [0.25, 0.3) is 0 Å². The Hall–Kier alpha value is -1.47. The highest BCUT2D eigenvalue weighted by Gasteiger charge is 2.21. The molecule has 0 radical (unpaired) electrons. The normalized spacial score (nSPS) is 10.7. The van der Waals surface area contributed by atoms with Gasteiger partial charge in [0.15, 0.2) is 16.6 Å². The predicted octanol–water partition coefficient (Wildman–Crippen LogP) is 2.61. The molecule has 1 N–H and O–H groups in total. The monoisotopic (exact) mass is 314 g/mol. The van der Waals surface area contributed by atoms with Crippen molar-refractivity contribution in [3.8, 4) is 0 Å². The number of methoxy groups -OCH3 is 1. The van der Waals surface area contributed by atoms with Crippen molar-refractivity contribution in [1.82, 2.24) is 4.98 Å². The van der Waals surface area contributed by atoms with Crippen LogP contribution in [-0.2, 0) is 9.47 Å². The third-order valence-electron chi connectivity index (χ3n) is 2.69. The van der Waals surface area contributed by atoms with Crippen molar-refractivity contribution in [1.29, 1.82) is 0 Å². The first kappa shape index (κ1) is 17.6. The molecule has 0 amide bonds. The minimum atomic E-state index is -0.599. The molecule has 0 aromatic carbocycles. The Kier molecular flexibility index (Phi) is 7.31. The average molecular weight is 314 g/mol. The summed E-state index contributed by atoms with van der Waals surface area (Å²) in [6, 6.07) is 0. The molecule has 0 bridgehead atoms. The largest absolute Gasteiger partial charge is 0.464 e. The zero-order valence-corrected chi connectivity index (χ0v) is 13.7. The zero-order valence-electron chi connectivity index (χ0n) is 12.9. The molecular formula is C14H22N2O4S. The number of hydrogen-bond acceptors (Lipinski definition) is 7. The summed E-state index contributed by atoms with van der Waals surface area (Å²) in [7, 11) is 1.27. The van der Waals surface area contributed by atoms with Gasteiger partial charge in [-0.05, 0) is 12.3 Å². The number of nitrogens with one attached hydrogen (secondary N) is 1. The van der Waals surface area contributed by atoms with Crippen molar-refractivity contribution in [2.45, 2.75) is 27.2 Å². The van der Waals surface area contributed by atoms with Crippen molar-refractivity contribution in [3.05, 3.63) is 10.6 Å². The van der Waals surface area contributed by atoms with Crippen LogP contribution < -0.4 is 5.32 Å². The van der Waals surface area contributed by atoms with Gasteiger partial charge in [-0.2, -0.15) is 0 Å². The standard InChI is InChI=1S/C14H22N2O4S/c1-9(2)5-7-20-8-6-15-14-16-11(13(18)19-4)12(21-14)10(3)17/h9H,5-8H2,1-4H3,(H,15,16). The summed E-state index contributed by atoms with van der Waals surface area (Å²) in [4.78, 5) is 27.5. The number of rotatable bonds is 9. The van der Waals surface area contributed by atoms with Gasteiger partial charge in [-0.3, -0.25) is 4.79 Å². The van der Waals surface area contributed by atoms with Crippen LogP contribution in [0.25, 0.3) is 0 Å². The van der Waals surface area contributed by atoms with Gasteiger partial charge in [-0.1, -0.05) is 25.2 Å². The van der Waals surface area contributed by atoms with Crippen molar-refractivity contribution in [3.63, 3.8) is 0 Å². The number of ketones is 1. The van der Waals surface area contributed by atoms with E-state index in [1.807, 2.05) is 0 Å². The van der Waals surface area contributed by atoms with Crippen molar-refractivity contribution >= 4 is 28.2 Å². The van der Waals surface area contributed by atoms with E-state index in [-0.39, 0.29) is 11.5 Å². The topological polar surface area (TPSA) is 77.5 Å².